The van der Waals surface area contributed by atoms with Crippen LogP contribution in [0.1, 0.15) is 37.1 Å². The number of carbonyl (C=O) groups is 1. The molecule has 1 aromatic carbocycles. The maximum Gasteiger partial charge on any atom is 0.220 e. The van der Waals surface area contributed by atoms with Crippen LogP contribution in [0.25, 0.3) is 10.6 Å². The smallest absolute Gasteiger partial charge is 0.220 e. The Labute approximate surface area is 147 Å². The number of aromatic nitrogens is 2. The van der Waals surface area contributed by atoms with Crippen LogP contribution >= 0.6 is 23.7 Å². The number of nitrogens with zero attached hydrogens (tertiary/aromatic N) is 2. The number of rotatable bonds is 9. The molecule has 0 atom stereocenters. The molecular formula is C16H23ClN4OS. The predicted molar refractivity (Wildman–Crippen MR) is 96.6 cm³/mol. The Morgan fingerprint density at radius 3 is 2.57 bits per heavy atom. The Bertz CT molecular complexity index is 576. The van der Waals surface area contributed by atoms with Crippen LogP contribution in [0, 0.1) is 0 Å². The number of halogens is 1. The molecule has 1 aromatic heterocycles. The van der Waals surface area contributed by atoms with Crippen molar-refractivity contribution in [3.63, 3.8) is 0 Å². The van der Waals surface area contributed by atoms with Crippen molar-refractivity contribution < 1.29 is 4.79 Å². The summed E-state index contributed by atoms with van der Waals surface area (Å²) in [6.45, 7) is 1.18. The maximum atomic E-state index is 11.7. The zero-order valence-corrected chi connectivity index (χ0v) is 14.7. The molecule has 2 aromatic rings. The molecule has 1 amide bonds. The predicted octanol–water partition coefficient (Wildman–Crippen LogP) is 3.15. The Morgan fingerprint density at radius 1 is 1.09 bits per heavy atom. The lowest BCUT2D eigenvalue weighted by molar-refractivity contribution is -0.121. The lowest BCUT2D eigenvalue weighted by atomic mass is 10.1. The first-order valence-corrected chi connectivity index (χ1v) is 8.46. The third-order valence-corrected chi connectivity index (χ3v) is 4.25. The van der Waals surface area contributed by atoms with Crippen molar-refractivity contribution in [3.8, 4) is 10.6 Å². The minimum absolute atomic E-state index is 0. The first-order chi connectivity index (χ1) is 10.8. The molecule has 7 heteroatoms. The second-order valence-corrected chi connectivity index (χ2v) is 6.16. The van der Waals surface area contributed by atoms with Gasteiger partial charge in [0.1, 0.15) is 10.0 Å². The largest absolute Gasteiger partial charge is 0.350 e. The highest BCUT2D eigenvalue weighted by atomic mass is 35.5. The van der Waals surface area contributed by atoms with Crippen LogP contribution in [0.3, 0.4) is 0 Å². The van der Waals surface area contributed by atoms with E-state index in [1.807, 2.05) is 30.3 Å². The normalized spacial score (nSPS) is 10.1. The van der Waals surface area contributed by atoms with E-state index in [-0.39, 0.29) is 18.3 Å². The van der Waals surface area contributed by atoms with E-state index in [0.29, 0.717) is 13.0 Å². The van der Waals surface area contributed by atoms with Gasteiger partial charge in [-0.1, -0.05) is 54.5 Å². The Morgan fingerprint density at radius 2 is 1.83 bits per heavy atom. The van der Waals surface area contributed by atoms with Gasteiger partial charge in [0.15, 0.2) is 0 Å². The van der Waals surface area contributed by atoms with Gasteiger partial charge in [-0.3, -0.25) is 4.79 Å². The fourth-order valence-corrected chi connectivity index (χ4v) is 2.85. The van der Waals surface area contributed by atoms with E-state index in [2.05, 4.69) is 15.5 Å². The number of nitrogens with one attached hydrogen (secondary N) is 1. The third kappa shape index (κ3) is 7.07. The Hall–Kier alpha value is -1.50. The van der Waals surface area contributed by atoms with Crippen molar-refractivity contribution >= 4 is 29.7 Å². The van der Waals surface area contributed by atoms with E-state index in [4.69, 9.17) is 5.73 Å². The molecular weight excluding hydrogens is 332 g/mol. The van der Waals surface area contributed by atoms with Crippen LogP contribution in [0.15, 0.2) is 30.3 Å². The molecule has 0 fully saturated rings. The molecule has 3 N–H and O–H groups in total. The van der Waals surface area contributed by atoms with Gasteiger partial charge in [-0.2, -0.15) is 0 Å². The zero-order valence-electron chi connectivity index (χ0n) is 13.0. The number of nitrogens with two attached hydrogens (primary N) is 1. The minimum atomic E-state index is 0. The van der Waals surface area contributed by atoms with Crippen LogP contribution in [0.4, 0.5) is 0 Å². The van der Waals surface area contributed by atoms with Gasteiger partial charge in [0.05, 0.1) is 6.54 Å². The quantitative estimate of drug-likeness (QED) is 0.678. The second kappa shape index (κ2) is 11.1. The van der Waals surface area contributed by atoms with Crippen LogP contribution < -0.4 is 11.1 Å². The molecule has 0 spiro atoms. The average molecular weight is 355 g/mol. The summed E-state index contributed by atoms with van der Waals surface area (Å²) in [7, 11) is 0. The second-order valence-electron chi connectivity index (χ2n) is 5.10. The fraction of sp³-hybridized carbons (Fsp3) is 0.438. The van der Waals surface area contributed by atoms with Crippen molar-refractivity contribution in [2.24, 2.45) is 5.73 Å². The highest BCUT2D eigenvalue weighted by Gasteiger charge is 2.07. The summed E-state index contributed by atoms with van der Waals surface area (Å²) in [6.07, 6.45) is 4.67. The highest BCUT2D eigenvalue weighted by Crippen LogP contribution is 2.22. The third-order valence-electron chi connectivity index (χ3n) is 3.28. The number of amides is 1. The lowest BCUT2D eigenvalue weighted by Gasteiger charge is -2.02. The van der Waals surface area contributed by atoms with E-state index in [1.54, 1.807) is 0 Å². The molecule has 1 heterocycles. The van der Waals surface area contributed by atoms with Gasteiger partial charge in [0, 0.05) is 12.0 Å². The Kier molecular flexibility index (Phi) is 9.43. The first kappa shape index (κ1) is 19.5. The zero-order chi connectivity index (χ0) is 15.6. The molecule has 5 nitrogen and oxygen atoms in total. The summed E-state index contributed by atoms with van der Waals surface area (Å²) in [6, 6.07) is 9.93. The summed E-state index contributed by atoms with van der Waals surface area (Å²) in [5.41, 5.74) is 6.49. The van der Waals surface area contributed by atoms with Crippen molar-refractivity contribution in [1.29, 1.82) is 0 Å². The van der Waals surface area contributed by atoms with Crippen LogP contribution in [-0.4, -0.2) is 22.6 Å². The monoisotopic (exact) mass is 354 g/mol. The van der Waals surface area contributed by atoms with Gasteiger partial charge in [0.2, 0.25) is 5.91 Å². The lowest BCUT2D eigenvalue weighted by Crippen LogP contribution is -2.22. The summed E-state index contributed by atoms with van der Waals surface area (Å²) >= 11 is 1.51. The number of unbranched alkanes of at least 4 members (excludes halogenated alkanes) is 3. The molecule has 0 bridgehead atoms. The van der Waals surface area contributed by atoms with Gasteiger partial charge in [-0.25, -0.2) is 0 Å². The van der Waals surface area contributed by atoms with Crippen molar-refractivity contribution in [2.75, 3.05) is 6.54 Å². The van der Waals surface area contributed by atoms with Gasteiger partial charge in [-0.05, 0) is 19.4 Å². The van der Waals surface area contributed by atoms with Crippen molar-refractivity contribution in [2.45, 2.75) is 38.6 Å². The molecule has 0 aliphatic heterocycles. The Balaban J connectivity index is 0.00000264. The number of benzene rings is 1. The molecule has 0 aliphatic rings. The van der Waals surface area contributed by atoms with E-state index in [1.165, 1.54) is 11.3 Å². The minimum Gasteiger partial charge on any atom is -0.350 e. The highest BCUT2D eigenvalue weighted by molar-refractivity contribution is 7.14. The van der Waals surface area contributed by atoms with E-state index in [9.17, 15) is 4.79 Å². The summed E-state index contributed by atoms with van der Waals surface area (Å²) < 4.78 is 0. The summed E-state index contributed by atoms with van der Waals surface area (Å²) in [5, 5.41) is 12.9. The van der Waals surface area contributed by atoms with E-state index in [0.717, 1.165) is 47.8 Å². The van der Waals surface area contributed by atoms with Gasteiger partial charge in [-0.15, -0.1) is 22.6 Å². The first-order valence-electron chi connectivity index (χ1n) is 7.64. The average Bonchev–Trinajstić information content (AvgIpc) is 3.02. The van der Waals surface area contributed by atoms with E-state index >= 15 is 0 Å². The maximum absolute atomic E-state index is 11.7. The van der Waals surface area contributed by atoms with Gasteiger partial charge in [0.25, 0.3) is 0 Å². The standard InChI is InChI=1S/C16H22N4OS.ClH/c17-11-7-2-1-6-10-14(21)18-12-15-19-20-16(22-15)13-8-4-3-5-9-13;/h3-5,8-9H,1-2,6-7,10-12,17H2,(H,18,21);1H. The topological polar surface area (TPSA) is 80.9 Å². The van der Waals surface area contributed by atoms with Gasteiger partial charge >= 0.3 is 0 Å². The molecule has 126 valence electrons. The number of hydrogen-bond acceptors (Lipinski definition) is 5. The fourth-order valence-electron chi connectivity index (χ4n) is 2.07. The van der Waals surface area contributed by atoms with Crippen LogP contribution in [0.2, 0.25) is 0 Å². The summed E-state index contributed by atoms with van der Waals surface area (Å²) in [4.78, 5) is 11.7. The molecule has 2 rings (SSSR count). The molecule has 0 saturated carbocycles. The van der Waals surface area contributed by atoms with Crippen LogP contribution in [0.5, 0.6) is 0 Å². The molecule has 0 radical (unpaired) electrons. The SMILES string of the molecule is Cl.NCCCCCCC(=O)NCc1nnc(-c2ccccc2)s1. The summed E-state index contributed by atoms with van der Waals surface area (Å²) in [5.74, 6) is 0.0733. The van der Waals surface area contributed by atoms with Crippen LogP contribution in [-0.2, 0) is 11.3 Å². The molecule has 0 aliphatic carbocycles. The van der Waals surface area contributed by atoms with E-state index < -0.39 is 0 Å². The van der Waals surface area contributed by atoms with Gasteiger partial charge < -0.3 is 11.1 Å². The number of carbonyl (C=O) groups excluding carboxylic acids is 1. The van der Waals surface area contributed by atoms with Crippen molar-refractivity contribution in [1.82, 2.24) is 15.5 Å². The molecule has 0 unspecified atom stereocenters. The molecule has 0 saturated heterocycles. The van der Waals surface area contributed by atoms with Crippen molar-refractivity contribution in [3.05, 3.63) is 35.3 Å². The molecule has 23 heavy (non-hydrogen) atoms. The number of hydrogen-bond donors (Lipinski definition) is 2.